The number of ether oxygens (including phenoxy) is 1. The Morgan fingerprint density at radius 1 is 0.457 bits per heavy atom. The molecule has 35 heteroatoms. The van der Waals surface area contributed by atoms with Gasteiger partial charge in [-0.1, -0.05) is 137 Å². The second-order valence-corrected chi connectivity index (χ2v) is 49.5. The number of allylic oxidation sites excluding steroid dienone is 2. The molecular formula is C103H128Cl2F6N10O11S6. The van der Waals surface area contributed by atoms with Gasteiger partial charge in [0.2, 0.25) is 0 Å². The topological polar surface area (TPSA) is 247 Å². The number of carbonyl (C=O) groups excluding carboxylic acids is 2. The molecule has 0 radical (unpaired) electrons. The van der Waals surface area contributed by atoms with Crippen LogP contribution < -0.4 is 29.9 Å². The molecule has 748 valence electrons. The summed E-state index contributed by atoms with van der Waals surface area (Å²) in [6, 6.07) is 52.0. The highest BCUT2D eigenvalue weighted by Crippen LogP contribution is 2.47. The van der Waals surface area contributed by atoms with Crippen LogP contribution in [-0.4, -0.2) is 217 Å². The Kier molecular flexibility index (Phi) is 36.4. The van der Waals surface area contributed by atoms with Gasteiger partial charge in [-0.25, -0.2) is 43.1 Å². The summed E-state index contributed by atoms with van der Waals surface area (Å²) in [5, 5.41) is 7.53. The van der Waals surface area contributed by atoms with Gasteiger partial charge in [0.1, 0.15) is 9.79 Å². The summed E-state index contributed by atoms with van der Waals surface area (Å²) in [6.07, 6.45) is 12.5. The number of anilines is 4. The number of sulfone groups is 2. The van der Waals surface area contributed by atoms with E-state index in [1.54, 1.807) is 24.3 Å². The van der Waals surface area contributed by atoms with Gasteiger partial charge in [0, 0.05) is 158 Å². The van der Waals surface area contributed by atoms with Gasteiger partial charge >= 0.3 is 11.0 Å². The minimum absolute atomic E-state index is 0.000560. The highest BCUT2D eigenvalue weighted by atomic mass is 35.5. The number of piperazine rings is 2. The number of sulfonamides is 2. The number of likely N-dealkylation sites (tertiary alicyclic amines) is 2. The minimum Gasteiger partial charge on any atom is -0.380 e. The van der Waals surface area contributed by atoms with Crippen LogP contribution in [0.2, 0.25) is 10.0 Å². The van der Waals surface area contributed by atoms with E-state index in [0.29, 0.717) is 71.5 Å². The van der Waals surface area contributed by atoms with E-state index >= 15 is 0 Å². The zero-order chi connectivity index (χ0) is 99.1. The lowest BCUT2D eigenvalue weighted by Crippen LogP contribution is -2.47. The maximum Gasteiger partial charge on any atom is 0.501 e. The molecule has 4 fully saturated rings. The number of benzene rings is 8. The predicted molar refractivity (Wildman–Crippen MR) is 544 cm³/mol. The quantitative estimate of drug-likeness (QED) is 0.0210. The third-order valence-electron chi connectivity index (χ3n) is 26.7. The molecule has 0 spiro atoms. The fraction of sp³-hybridized carbons (Fsp3) is 0.476. The van der Waals surface area contributed by atoms with Crippen molar-refractivity contribution in [3.05, 3.63) is 238 Å². The van der Waals surface area contributed by atoms with Gasteiger partial charge in [-0.2, -0.15) is 26.3 Å². The number of alkyl halides is 6. The Labute approximate surface area is 829 Å². The Hall–Kier alpha value is -8.16. The van der Waals surface area contributed by atoms with E-state index in [1.807, 2.05) is 108 Å². The lowest BCUT2D eigenvalue weighted by molar-refractivity contribution is -0.0441. The molecule has 0 unspecified atom stereocenters. The van der Waals surface area contributed by atoms with Crippen LogP contribution in [0, 0.1) is 22.7 Å². The van der Waals surface area contributed by atoms with Gasteiger partial charge in [0.25, 0.3) is 51.5 Å². The van der Waals surface area contributed by atoms with Crippen LogP contribution in [0.1, 0.15) is 171 Å². The van der Waals surface area contributed by atoms with Crippen LogP contribution in [0.3, 0.4) is 0 Å². The Morgan fingerprint density at radius 3 is 1.17 bits per heavy atom. The molecule has 4 heterocycles. The first-order valence-corrected chi connectivity index (χ1v) is 56.1. The maximum atomic E-state index is 14.3. The number of nitrogens with one attached hydrogen (secondary N) is 4. The molecule has 2 amide bonds. The smallest absolute Gasteiger partial charge is 0.380 e. The lowest BCUT2D eigenvalue weighted by atomic mass is 9.72. The lowest BCUT2D eigenvalue weighted by Gasteiger charge is -2.39. The zero-order valence-corrected chi connectivity index (χ0v) is 85.9. The minimum atomic E-state index is -6.07. The first kappa shape index (κ1) is 107. The summed E-state index contributed by atoms with van der Waals surface area (Å²) < 4.78 is 203. The van der Waals surface area contributed by atoms with Crippen molar-refractivity contribution in [1.29, 1.82) is 0 Å². The van der Waals surface area contributed by atoms with Crippen molar-refractivity contribution in [2.24, 2.45) is 22.7 Å². The SMILES string of the molecule is CC(C)CC1CCN(CC[C@H](CSc2ccccc2)Nc2ccc(S(=O)(=O)NC(=O)c3ccc(N4CCN(CC5=C(c6ccc(Cl)cc6)CCC(C)(C)C5)CC4)cc3)cc2S(=O)(=O)C(F)(F)F)CC1.CC(C)OC1CCN(CC[C@H](CSc2ccccc2)Nc2ccc(S(=O)(=O)NC(=O)c3ccc(N4CCN(CC5=C(c6ccc(Cl)cc6)CCC(C)(C)C5)CC4)cc3)cc2S(=O)(=O)C(F)(F)F)CC1. The standard InChI is InChI=1S/C52H65ClF3N5O5S3.C51H63ClF3N5O6S3/c1-37(2)32-38-21-25-59(26-22-38)27-23-43(36-67-45-8-6-5-7-9-45)57-48-19-18-46(33-49(48)68(63,64)52(54,55)56)69(65,66)58-50(62)40-12-16-44(17-13-40)61-30-28-60(29-31-61)35-41-34-51(3,4)24-20-47(41)39-10-14-42(53)15-11-39;1-36(2)66-43-22-26-58(27-23-43)25-21-41(35-67-44-8-6-5-7-9-44)56-47-19-18-45(32-48(47)68(62,63)51(53,54)55)69(64,65)57-49(61)38-12-16-42(17-13-38)60-30-28-59(29-31-60)34-39-33-50(3,4)24-20-46(39)37-10-14-40(52)15-11-37/h5-19,33,37-38,43,57H,20-32,34-36H2,1-4H3,(H,58,62);5-19,32,36,41,43,56H,20-31,33-35H2,1-4H3,(H,57,61)/t43-;41-/m11/s1. The average Bonchev–Trinajstić information content (AvgIpc) is 0.760. The fourth-order valence-electron chi connectivity index (χ4n) is 19.1. The Bertz CT molecular complexity index is 5640. The van der Waals surface area contributed by atoms with E-state index in [4.69, 9.17) is 27.9 Å². The molecule has 138 heavy (non-hydrogen) atoms. The molecule has 8 aromatic rings. The number of piperidine rings is 2. The third kappa shape index (κ3) is 29.5. The van der Waals surface area contributed by atoms with E-state index in [0.717, 1.165) is 208 Å². The molecule has 21 nitrogen and oxygen atoms in total. The Morgan fingerprint density at radius 2 is 0.819 bits per heavy atom. The van der Waals surface area contributed by atoms with E-state index in [2.05, 4.69) is 106 Å². The number of amides is 2. The normalized spacial score (nSPS) is 18.4. The highest BCUT2D eigenvalue weighted by molar-refractivity contribution is 7.99. The number of carbonyl (C=O) groups is 2. The summed E-state index contributed by atoms with van der Waals surface area (Å²) in [5.41, 5.74) is -1.97. The molecule has 2 aliphatic carbocycles. The van der Waals surface area contributed by atoms with Gasteiger partial charge in [0.15, 0.2) is 0 Å². The third-order valence-corrected chi connectivity index (χ3v) is 35.2. The largest absolute Gasteiger partial charge is 0.501 e. The van der Waals surface area contributed by atoms with Crippen molar-refractivity contribution in [2.75, 3.05) is 137 Å². The first-order valence-electron chi connectivity index (χ1n) is 47.4. The van der Waals surface area contributed by atoms with Crippen LogP contribution in [0.5, 0.6) is 0 Å². The second kappa shape index (κ2) is 46.9. The van der Waals surface area contributed by atoms with Crippen molar-refractivity contribution >= 4 is 132 Å². The van der Waals surface area contributed by atoms with Crippen LogP contribution in [0.25, 0.3) is 11.1 Å². The van der Waals surface area contributed by atoms with Crippen LogP contribution in [0.15, 0.2) is 235 Å². The number of halogens is 8. The van der Waals surface area contributed by atoms with Crippen LogP contribution >= 0.6 is 46.7 Å². The average molecular weight is 2060 g/mol. The highest BCUT2D eigenvalue weighted by Gasteiger charge is 2.50. The molecular weight excluding hydrogens is 1930 g/mol. The summed E-state index contributed by atoms with van der Waals surface area (Å²) >= 11 is 15.3. The molecule has 14 rings (SSSR count). The first-order chi connectivity index (χ1) is 65.3. The molecule has 4 N–H and O–H groups in total. The van der Waals surface area contributed by atoms with E-state index in [9.17, 15) is 69.6 Å². The molecule has 6 aliphatic rings. The molecule has 8 aromatic carbocycles. The molecule has 2 atom stereocenters. The monoisotopic (exact) mass is 2060 g/mol. The van der Waals surface area contributed by atoms with E-state index in [-0.39, 0.29) is 39.9 Å². The van der Waals surface area contributed by atoms with Gasteiger partial charge in [0.05, 0.1) is 33.4 Å². The molecule has 4 saturated heterocycles. The number of hydrogen-bond acceptors (Lipinski definition) is 21. The predicted octanol–water partition coefficient (Wildman–Crippen LogP) is 21.6. The van der Waals surface area contributed by atoms with Crippen LogP contribution in [-0.2, 0) is 44.5 Å². The van der Waals surface area contributed by atoms with Gasteiger partial charge < -0.3 is 35.0 Å². The van der Waals surface area contributed by atoms with E-state index < -0.39 is 99.9 Å². The van der Waals surface area contributed by atoms with Crippen molar-refractivity contribution < 1.29 is 74.3 Å². The van der Waals surface area contributed by atoms with Crippen molar-refractivity contribution in [3.63, 3.8) is 0 Å². The van der Waals surface area contributed by atoms with Gasteiger partial charge in [-0.05, 0) is 289 Å². The molecule has 0 aromatic heterocycles. The summed E-state index contributed by atoms with van der Waals surface area (Å²) in [6.45, 7) is 30.3. The van der Waals surface area contributed by atoms with Crippen molar-refractivity contribution in [1.82, 2.24) is 29.0 Å². The molecule has 0 saturated carbocycles. The summed E-state index contributed by atoms with van der Waals surface area (Å²) in [4.78, 5) is 38.5. The number of thioether (sulfide) groups is 2. The van der Waals surface area contributed by atoms with Crippen molar-refractivity contribution in [3.8, 4) is 0 Å². The fourth-order valence-corrected chi connectivity index (χ4v) is 25.4. The van der Waals surface area contributed by atoms with Crippen LogP contribution in [0.4, 0.5) is 49.1 Å². The number of hydrogen-bond donors (Lipinski definition) is 4. The number of rotatable bonds is 36. The Balaban J connectivity index is 0.000000233. The van der Waals surface area contributed by atoms with Gasteiger partial charge in [-0.15, -0.1) is 23.5 Å². The zero-order valence-electron chi connectivity index (χ0n) is 79.5. The summed E-state index contributed by atoms with van der Waals surface area (Å²) in [5.74, 6) is -0.00519. The second-order valence-electron chi connectivity index (χ2n) is 39.2. The maximum absolute atomic E-state index is 14.3. The van der Waals surface area contributed by atoms with E-state index in [1.165, 1.54) is 81.2 Å². The van der Waals surface area contributed by atoms with Crippen molar-refractivity contribution in [2.45, 2.75) is 204 Å². The molecule has 4 aliphatic heterocycles. The van der Waals surface area contributed by atoms with Gasteiger partial charge in [-0.3, -0.25) is 19.4 Å². The molecule has 0 bridgehead atoms. The summed E-state index contributed by atoms with van der Waals surface area (Å²) in [7, 11) is -21.8. The number of nitrogens with zero attached hydrogens (tertiary/aromatic N) is 6.